The fourth-order valence-electron chi connectivity index (χ4n) is 8.72. The number of furan rings is 1. The van der Waals surface area contributed by atoms with E-state index in [1.165, 1.54) is 63.6 Å². The summed E-state index contributed by atoms with van der Waals surface area (Å²) in [5, 5.41) is 12.3. The predicted molar refractivity (Wildman–Crippen MR) is 249 cm³/mol. The number of aliphatic imine (C=N–C) groups is 2. The first-order valence-corrected chi connectivity index (χ1v) is 20.5. The van der Waals surface area contributed by atoms with Gasteiger partial charge in [-0.3, -0.25) is 0 Å². The molecule has 0 saturated heterocycles. The van der Waals surface area contributed by atoms with E-state index < -0.39 is 0 Å². The summed E-state index contributed by atoms with van der Waals surface area (Å²) in [6.07, 6.45) is 8.33. The molecule has 2 unspecified atom stereocenters. The average Bonchev–Trinajstić information content (AvgIpc) is 3.83. The topological polar surface area (TPSA) is 63.9 Å². The Morgan fingerprint density at radius 1 is 0.534 bits per heavy atom. The summed E-state index contributed by atoms with van der Waals surface area (Å²) in [4.78, 5) is 10.1. The van der Waals surface area contributed by atoms with Crippen LogP contribution in [0.2, 0.25) is 0 Å². The minimum atomic E-state index is -0.0352. The summed E-state index contributed by atoms with van der Waals surface area (Å²) in [6.45, 7) is 6.61. The monoisotopic (exact) mass is 763 g/mol. The van der Waals surface area contributed by atoms with Gasteiger partial charge >= 0.3 is 0 Å². The predicted octanol–water partition coefficient (Wildman–Crippen LogP) is 14.2. The van der Waals surface area contributed by atoms with E-state index in [0.717, 1.165) is 33.1 Å². The number of nitrogens with two attached hydrogens (primary N) is 1. The zero-order valence-corrected chi connectivity index (χ0v) is 32.6. The SMILES string of the molecule is C=C(N=C(N=C(N)C1C=CC=CC1C)c1ccc2c(c1)oc1ccccc12)c1ccc2c(c1)sc1ccc(-c3ccc4c5ccccc5c5ccccc5c4c3)cc12. The van der Waals surface area contributed by atoms with Crippen LogP contribution in [-0.4, -0.2) is 11.7 Å². The zero-order valence-electron chi connectivity index (χ0n) is 31.8. The van der Waals surface area contributed by atoms with E-state index in [2.05, 4.69) is 147 Å². The van der Waals surface area contributed by atoms with Gasteiger partial charge in [-0.2, -0.15) is 0 Å². The Balaban J connectivity index is 0.977. The maximum absolute atomic E-state index is 6.74. The van der Waals surface area contributed by atoms with E-state index in [9.17, 15) is 0 Å². The first kappa shape index (κ1) is 34.2. The van der Waals surface area contributed by atoms with Crippen LogP contribution in [0.4, 0.5) is 0 Å². The van der Waals surface area contributed by atoms with Crippen molar-refractivity contribution in [2.75, 3.05) is 0 Å². The third-order valence-corrected chi connectivity index (χ3v) is 12.9. The van der Waals surface area contributed by atoms with Crippen LogP contribution in [0.25, 0.3) is 91.3 Å². The summed E-state index contributed by atoms with van der Waals surface area (Å²) in [5.41, 5.74) is 13.1. The van der Waals surface area contributed by atoms with Gasteiger partial charge in [0.2, 0.25) is 0 Å². The molecule has 0 bridgehead atoms. The third-order valence-electron chi connectivity index (χ3n) is 11.7. The second-order valence-corrected chi connectivity index (χ2v) is 16.3. The second-order valence-electron chi connectivity index (χ2n) is 15.3. The van der Waals surface area contributed by atoms with Crippen LogP contribution in [-0.2, 0) is 0 Å². The van der Waals surface area contributed by atoms with Crippen molar-refractivity contribution in [3.05, 3.63) is 188 Å². The fourth-order valence-corrected chi connectivity index (χ4v) is 9.84. The summed E-state index contributed by atoms with van der Waals surface area (Å²) in [6, 6.07) is 52.0. The summed E-state index contributed by atoms with van der Waals surface area (Å²) in [5.74, 6) is 1.19. The highest BCUT2D eigenvalue weighted by Crippen LogP contribution is 2.41. The molecule has 1 aliphatic carbocycles. The molecule has 276 valence electrons. The van der Waals surface area contributed by atoms with Gasteiger partial charge < -0.3 is 10.2 Å². The lowest BCUT2D eigenvalue weighted by Gasteiger charge is -2.20. The Bertz CT molecular complexity index is 3430. The highest BCUT2D eigenvalue weighted by molar-refractivity contribution is 7.25. The number of amidine groups is 2. The number of nitrogens with zero attached hydrogens (tertiary/aromatic N) is 2. The Morgan fingerprint density at radius 2 is 1.12 bits per heavy atom. The van der Waals surface area contributed by atoms with Crippen LogP contribution in [0, 0.1) is 11.8 Å². The van der Waals surface area contributed by atoms with Gasteiger partial charge in [-0.25, -0.2) is 9.98 Å². The molecule has 5 heteroatoms. The minimum absolute atomic E-state index is 0.0352. The van der Waals surface area contributed by atoms with Crippen LogP contribution in [0.15, 0.2) is 191 Å². The summed E-state index contributed by atoms with van der Waals surface area (Å²) in [7, 11) is 0. The quantitative estimate of drug-likeness (QED) is 0.108. The molecule has 11 rings (SSSR count). The van der Waals surface area contributed by atoms with E-state index in [1.807, 2.05) is 36.4 Å². The molecule has 0 fully saturated rings. The van der Waals surface area contributed by atoms with Gasteiger partial charge in [0, 0.05) is 48.0 Å². The van der Waals surface area contributed by atoms with Crippen LogP contribution in [0.1, 0.15) is 18.1 Å². The molecular weight excluding hydrogens is 727 g/mol. The largest absolute Gasteiger partial charge is 0.456 e. The van der Waals surface area contributed by atoms with Gasteiger partial charge in [0.05, 0.1) is 5.70 Å². The average molecular weight is 764 g/mol. The van der Waals surface area contributed by atoms with Crippen molar-refractivity contribution in [3.63, 3.8) is 0 Å². The van der Waals surface area contributed by atoms with Crippen molar-refractivity contribution >= 4 is 103 Å². The first-order valence-electron chi connectivity index (χ1n) is 19.7. The Kier molecular flexibility index (Phi) is 7.98. The number of para-hydroxylation sites is 1. The lowest BCUT2D eigenvalue weighted by Crippen LogP contribution is -2.29. The lowest BCUT2D eigenvalue weighted by atomic mass is 9.89. The molecule has 2 aromatic heterocycles. The molecule has 0 radical (unpaired) electrons. The van der Waals surface area contributed by atoms with E-state index in [-0.39, 0.29) is 11.8 Å². The van der Waals surface area contributed by atoms with Gasteiger partial charge in [0.25, 0.3) is 0 Å². The fraction of sp³-hybridized carbons (Fsp3) is 0.0566. The van der Waals surface area contributed by atoms with E-state index >= 15 is 0 Å². The number of hydrogen-bond donors (Lipinski definition) is 1. The van der Waals surface area contributed by atoms with E-state index in [4.69, 9.17) is 20.1 Å². The lowest BCUT2D eigenvalue weighted by molar-refractivity contribution is 0.632. The number of allylic oxidation sites excluding steroid dienone is 3. The molecule has 58 heavy (non-hydrogen) atoms. The Morgan fingerprint density at radius 3 is 1.88 bits per heavy atom. The maximum Gasteiger partial charge on any atom is 0.161 e. The van der Waals surface area contributed by atoms with Crippen molar-refractivity contribution in [3.8, 4) is 11.1 Å². The van der Waals surface area contributed by atoms with Crippen molar-refractivity contribution in [2.24, 2.45) is 27.6 Å². The zero-order chi connectivity index (χ0) is 38.9. The molecule has 4 nitrogen and oxygen atoms in total. The molecule has 1 aliphatic rings. The number of fused-ring (bicyclic) bond motifs is 12. The van der Waals surface area contributed by atoms with Crippen molar-refractivity contribution < 1.29 is 4.42 Å². The molecule has 2 N–H and O–H groups in total. The van der Waals surface area contributed by atoms with Gasteiger partial charge in [0.15, 0.2) is 5.84 Å². The number of benzene rings is 8. The first-order chi connectivity index (χ1) is 28.5. The van der Waals surface area contributed by atoms with E-state index in [0.29, 0.717) is 17.4 Å². The number of thiophene rings is 1. The molecule has 2 atom stereocenters. The Labute approximate surface area is 339 Å². The highest BCUT2D eigenvalue weighted by atomic mass is 32.1. The molecule has 0 amide bonds. The minimum Gasteiger partial charge on any atom is -0.456 e. The normalized spacial score (nSPS) is 16.2. The van der Waals surface area contributed by atoms with Gasteiger partial charge in [-0.1, -0.05) is 141 Å². The second kappa shape index (κ2) is 13.5. The van der Waals surface area contributed by atoms with Crippen LogP contribution in [0.3, 0.4) is 0 Å². The van der Waals surface area contributed by atoms with Crippen molar-refractivity contribution in [1.29, 1.82) is 0 Å². The third kappa shape index (κ3) is 5.66. The summed E-state index contributed by atoms with van der Waals surface area (Å²) < 4.78 is 8.68. The molecule has 8 aromatic carbocycles. The number of rotatable bonds is 5. The van der Waals surface area contributed by atoms with Gasteiger partial charge in [-0.15, -0.1) is 11.3 Å². The molecular formula is C53H37N3OS. The molecule has 0 aliphatic heterocycles. The number of hydrogen-bond acceptors (Lipinski definition) is 3. The Hall–Kier alpha value is -7.08. The van der Waals surface area contributed by atoms with Crippen molar-refractivity contribution in [2.45, 2.75) is 6.92 Å². The van der Waals surface area contributed by atoms with Crippen LogP contribution < -0.4 is 5.73 Å². The molecule has 0 saturated carbocycles. The molecule has 2 heterocycles. The highest BCUT2D eigenvalue weighted by Gasteiger charge is 2.20. The summed E-state index contributed by atoms with van der Waals surface area (Å²) >= 11 is 1.79. The van der Waals surface area contributed by atoms with Crippen molar-refractivity contribution in [1.82, 2.24) is 0 Å². The molecule has 10 aromatic rings. The maximum atomic E-state index is 6.74. The van der Waals surface area contributed by atoms with Gasteiger partial charge in [0.1, 0.15) is 17.0 Å². The van der Waals surface area contributed by atoms with Crippen LogP contribution >= 0.6 is 11.3 Å². The smallest absolute Gasteiger partial charge is 0.161 e. The standard InChI is InChI=1S/C53H37N3OS/c1-31-11-3-4-12-37(31)52(54)56-53(36-21-24-44-43-17-9-10-18-48(43)57-49(44)29-36)55-32(2)33-19-25-45-47-28-35(22-26-50(47)58-51(45)30-33)34-20-23-42-40-15-6-5-13-38(40)39-14-7-8-16-41(39)46(42)27-34/h3-31,37H,2H2,1H3,(H2,54,55,56). The van der Waals surface area contributed by atoms with Gasteiger partial charge in [-0.05, 0) is 91.8 Å². The van der Waals surface area contributed by atoms with E-state index in [1.54, 1.807) is 11.3 Å². The van der Waals surface area contributed by atoms with Crippen LogP contribution in [0.5, 0.6) is 0 Å². The molecule has 0 spiro atoms.